The number of aromatic nitrogens is 2. The molecule has 0 radical (unpaired) electrons. The van der Waals surface area contributed by atoms with Gasteiger partial charge in [0.25, 0.3) is 0 Å². The van der Waals surface area contributed by atoms with Crippen LogP contribution in [0.1, 0.15) is 54.5 Å². The Labute approximate surface area is 271 Å². The molecular weight excluding hydrogens is 593 g/mol. The second-order valence-electron chi connectivity index (χ2n) is 11.5. The maximum Gasteiger partial charge on any atom is 0.187 e. The molecule has 0 amide bonds. The third-order valence-corrected chi connectivity index (χ3v) is 11.0. The highest BCUT2D eigenvalue weighted by Crippen LogP contribution is 2.41. The molecule has 6 rings (SSSR count). The molecule has 0 aliphatic heterocycles. The number of rotatable bonds is 14. The SMILES string of the molecule is CCOCCC(Cc1cccc2cccnc12)c1ccc(C(CCOCC)S(=O)(=O)c2cccc3cccnc23)c2ccccc12. The lowest BCUT2D eigenvalue weighted by molar-refractivity contribution is 0.139. The number of benzene rings is 4. The maximum absolute atomic E-state index is 14.6. The molecule has 6 nitrogen and oxygen atoms in total. The van der Waals surface area contributed by atoms with Crippen molar-refractivity contribution in [2.45, 2.75) is 49.2 Å². The van der Waals surface area contributed by atoms with E-state index in [4.69, 9.17) is 14.5 Å². The summed E-state index contributed by atoms with van der Waals surface area (Å²) in [5, 5.41) is 3.11. The standard InChI is InChI=1S/C39H40N2O4S/c1-3-44-25-21-30(27-31-13-7-11-28-14-9-23-40-38(28)31)32-19-20-35(34-17-6-5-16-33(32)34)36(22-26-45-4-2)46(42,43)37-18-8-12-29-15-10-24-41-39(29)37/h5-20,23-24,30,36H,3-4,21-22,25-27H2,1-2H3. The van der Waals surface area contributed by atoms with E-state index >= 15 is 0 Å². The van der Waals surface area contributed by atoms with E-state index in [9.17, 15) is 8.42 Å². The molecular formula is C39H40N2O4S. The van der Waals surface area contributed by atoms with Crippen LogP contribution >= 0.6 is 0 Å². The Balaban J connectivity index is 1.47. The van der Waals surface area contributed by atoms with Crippen molar-refractivity contribution in [3.05, 3.63) is 126 Å². The van der Waals surface area contributed by atoms with Gasteiger partial charge in [0, 0.05) is 49.6 Å². The molecule has 6 aromatic rings. The molecule has 0 fully saturated rings. The number of fused-ring (bicyclic) bond motifs is 3. The van der Waals surface area contributed by atoms with Crippen molar-refractivity contribution < 1.29 is 17.9 Å². The first-order valence-electron chi connectivity index (χ1n) is 16.1. The lowest BCUT2D eigenvalue weighted by atomic mass is 9.84. The number of pyridine rings is 2. The van der Waals surface area contributed by atoms with Crippen LogP contribution in [-0.2, 0) is 25.7 Å². The first-order chi connectivity index (χ1) is 22.5. The van der Waals surface area contributed by atoms with Gasteiger partial charge in [0.1, 0.15) is 0 Å². The van der Waals surface area contributed by atoms with Crippen LogP contribution in [-0.4, -0.2) is 44.8 Å². The van der Waals surface area contributed by atoms with Gasteiger partial charge in [0.15, 0.2) is 9.84 Å². The van der Waals surface area contributed by atoms with Crippen LogP contribution in [0.4, 0.5) is 0 Å². The Kier molecular flexibility index (Phi) is 10.0. The third kappa shape index (κ3) is 6.54. The number of hydrogen-bond acceptors (Lipinski definition) is 6. The fraction of sp³-hybridized carbons (Fsp3) is 0.282. The van der Waals surface area contributed by atoms with Crippen molar-refractivity contribution in [2.24, 2.45) is 0 Å². The average molecular weight is 633 g/mol. The molecule has 2 heterocycles. The Bertz CT molecular complexity index is 2050. The van der Waals surface area contributed by atoms with Crippen molar-refractivity contribution >= 4 is 42.4 Å². The Morgan fingerprint density at radius 2 is 1.22 bits per heavy atom. The second kappa shape index (κ2) is 14.5. The van der Waals surface area contributed by atoms with Gasteiger partial charge in [-0.05, 0) is 84.7 Å². The molecule has 0 aliphatic rings. The molecule has 0 N–H and O–H groups in total. The minimum absolute atomic E-state index is 0.138. The number of nitrogens with zero attached hydrogens (tertiary/aromatic N) is 2. The van der Waals surface area contributed by atoms with Crippen molar-refractivity contribution in [1.29, 1.82) is 0 Å². The summed E-state index contributed by atoms with van der Waals surface area (Å²) in [6.45, 7) is 6.09. The lowest BCUT2D eigenvalue weighted by Gasteiger charge is -2.24. The van der Waals surface area contributed by atoms with Gasteiger partial charge in [-0.3, -0.25) is 9.97 Å². The minimum Gasteiger partial charge on any atom is -0.382 e. The van der Waals surface area contributed by atoms with Gasteiger partial charge in [-0.1, -0.05) is 78.9 Å². The fourth-order valence-corrected chi connectivity index (χ4v) is 8.55. The van der Waals surface area contributed by atoms with Gasteiger partial charge >= 0.3 is 0 Å². The molecule has 236 valence electrons. The number of para-hydroxylation sites is 2. The van der Waals surface area contributed by atoms with Crippen LogP contribution in [0.15, 0.2) is 114 Å². The molecule has 0 bridgehead atoms. The van der Waals surface area contributed by atoms with E-state index in [1.54, 1.807) is 18.3 Å². The summed E-state index contributed by atoms with van der Waals surface area (Å²) < 4.78 is 40.8. The summed E-state index contributed by atoms with van der Waals surface area (Å²) in [5.41, 5.74) is 4.65. The van der Waals surface area contributed by atoms with Gasteiger partial charge in [-0.2, -0.15) is 0 Å². The van der Waals surface area contributed by atoms with E-state index in [0.717, 1.165) is 45.5 Å². The van der Waals surface area contributed by atoms with Crippen LogP contribution in [0.2, 0.25) is 0 Å². The molecule has 2 aromatic heterocycles. The summed E-state index contributed by atoms with van der Waals surface area (Å²) in [7, 11) is -3.85. The smallest absolute Gasteiger partial charge is 0.187 e. The molecule has 2 unspecified atom stereocenters. The summed E-state index contributed by atoms with van der Waals surface area (Å²) in [6.07, 6.45) is 5.44. The Morgan fingerprint density at radius 1 is 0.630 bits per heavy atom. The third-order valence-electron chi connectivity index (χ3n) is 8.78. The molecule has 46 heavy (non-hydrogen) atoms. The maximum atomic E-state index is 14.6. The predicted octanol–water partition coefficient (Wildman–Crippen LogP) is 8.63. The van der Waals surface area contributed by atoms with E-state index < -0.39 is 15.1 Å². The van der Waals surface area contributed by atoms with Gasteiger partial charge in [-0.25, -0.2) is 8.42 Å². The first kappa shape index (κ1) is 31.8. The van der Waals surface area contributed by atoms with Crippen molar-refractivity contribution in [3.63, 3.8) is 0 Å². The second-order valence-corrected chi connectivity index (χ2v) is 13.6. The van der Waals surface area contributed by atoms with Crippen LogP contribution in [0.3, 0.4) is 0 Å². The minimum atomic E-state index is -3.85. The van der Waals surface area contributed by atoms with Gasteiger partial charge in [0.05, 0.1) is 21.2 Å². The molecule has 0 saturated carbocycles. The Morgan fingerprint density at radius 3 is 1.93 bits per heavy atom. The molecule has 0 aliphatic carbocycles. The van der Waals surface area contributed by atoms with Crippen LogP contribution in [0.5, 0.6) is 0 Å². The van der Waals surface area contributed by atoms with Crippen molar-refractivity contribution in [1.82, 2.24) is 9.97 Å². The zero-order valence-corrected chi connectivity index (χ0v) is 27.2. The topological polar surface area (TPSA) is 78.4 Å². The lowest BCUT2D eigenvalue weighted by Crippen LogP contribution is -2.18. The quantitative estimate of drug-likeness (QED) is 0.112. The van der Waals surface area contributed by atoms with Crippen LogP contribution in [0.25, 0.3) is 32.6 Å². The van der Waals surface area contributed by atoms with Gasteiger partial charge in [0.2, 0.25) is 0 Å². The number of sulfone groups is 1. The number of ether oxygens (including phenoxy) is 2. The van der Waals surface area contributed by atoms with Crippen LogP contribution < -0.4 is 0 Å². The molecule has 0 spiro atoms. The predicted molar refractivity (Wildman–Crippen MR) is 186 cm³/mol. The highest BCUT2D eigenvalue weighted by Gasteiger charge is 2.33. The average Bonchev–Trinajstić information content (AvgIpc) is 3.09. The summed E-state index contributed by atoms with van der Waals surface area (Å²) in [6, 6.07) is 31.9. The van der Waals surface area contributed by atoms with E-state index in [2.05, 4.69) is 47.4 Å². The van der Waals surface area contributed by atoms with E-state index in [0.29, 0.717) is 38.4 Å². The van der Waals surface area contributed by atoms with Crippen molar-refractivity contribution in [2.75, 3.05) is 26.4 Å². The van der Waals surface area contributed by atoms with Crippen molar-refractivity contribution in [3.8, 4) is 0 Å². The van der Waals surface area contributed by atoms with Gasteiger partial charge < -0.3 is 9.47 Å². The largest absolute Gasteiger partial charge is 0.382 e. The van der Waals surface area contributed by atoms with E-state index in [-0.39, 0.29) is 10.8 Å². The number of hydrogen-bond donors (Lipinski definition) is 0. The van der Waals surface area contributed by atoms with E-state index in [1.807, 2.05) is 62.5 Å². The Hall–Kier alpha value is -4.17. The first-order valence-corrected chi connectivity index (χ1v) is 17.6. The molecule has 2 atom stereocenters. The molecule has 7 heteroatoms. The highest BCUT2D eigenvalue weighted by molar-refractivity contribution is 7.92. The fourth-order valence-electron chi connectivity index (χ4n) is 6.59. The monoisotopic (exact) mass is 632 g/mol. The van der Waals surface area contributed by atoms with Gasteiger partial charge in [-0.15, -0.1) is 0 Å². The zero-order valence-electron chi connectivity index (χ0n) is 26.4. The van der Waals surface area contributed by atoms with E-state index in [1.165, 1.54) is 11.1 Å². The summed E-state index contributed by atoms with van der Waals surface area (Å²) in [4.78, 5) is 9.46. The summed E-state index contributed by atoms with van der Waals surface area (Å²) in [5.74, 6) is 0.138. The molecule has 0 saturated heterocycles. The highest BCUT2D eigenvalue weighted by atomic mass is 32.2. The zero-order chi connectivity index (χ0) is 31.9. The normalized spacial score (nSPS) is 13.3. The van der Waals surface area contributed by atoms with Crippen LogP contribution in [0, 0.1) is 0 Å². The summed E-state index contributed by atoms with van der Waals surface area (Å²) >= 11 is 0. The molecule has 4 aromatic carbocycles.